The van der Waals surface area contributed by atoms with E-state index in [0.717, 1.165) is 16.2 Å². The molecule has 2 rings (SSSR count). The summed E-state index contributed by atoms with van der Waals surface area (Å²) in [7, 11) is 1.64. The van der Waals surface area contributed by atoms with Gasteiger partial charge in [-0.05, 0) is 18.6 Å². The quantitative estimate of drug-likeness (QED) is 0.790. The van der Waals surface area contributed by atoms with Crippen LogP contribution in [0.5, 0.6) is 0 Å². The van der Waals surface area contributed by atoms with Crippen LogP contribution in [0.1, 0.15) is 18.4 Å². The minimum atomic E-state index is -0.364. The number of carbonyl (C=O) groups excluding carboxylic acids is 2. The fraction of sp³-hybridized carbons (Fsp3) is 0.429. The highest BCUT2D eigenvalue weighted by atomic mass is 32.2. The molecule has 0 bridgehead atoms. The van der Waals surface area contributed by atoms with Crippen LogP contribution in [0.15, 0.2) is 29.2 Å². The predicted octanol–water partition coefficient (Wildman–Crippen LogP) is 1.90. The number of hydrogen-bond donors (Lipinski definition) is 0. The van der Waals surface area contributed by atoms with Crippen molar-refractivity contribution < 1.29 is 14.3 Å². The van der Waals surface area contributed by atoms with Crippen molar-refractivity contribution >= 4 is 23.6 Å². The molecule has 1 heterocycles. The number of ether oxygens (including phenoxy) is 1. The van der Waals surface area contributed by atoms with Gasteiger partial charge in [0.25, 0.3) is 0 Å². The van der Waals surface area contributed by atoms with Gasteiger partial charge in [0.1, 0.15) is 6.54 Å². The van der Waals surface area contributed by atoms with E-state index in [-0.39, 0.29) is 24.3 Å². The standard InChI is InChI=1S/C14H17NO3S/c1-3-18-13(16)8-15(2)14(17)11-9-19-12-7-5-4-6-10(11)12/h4-7,11H,3,8-9H2,1-2H3. The van der Waals surface area contributed by atoms with Gasteiger partial charge in [0.2, 0.25) is 5.91 Å². The van der Waals surface area contributed by atoms with Crippen LogP contribution in [0.25, 0.3) is 0 Å². The lowest BCUT2D eigenvalue weighted by molar-refractivity contribution is -0.148. The maximum Gasteiger partial charge on any atom is 0.325 e. The van der Waals surface area contributed by atoms with Gasteiger partial charge in [0, 0.05) is 17.7 Å². The molecule has 0 aromatic heterocycles. The normalized spacial score (nSPS) is 16.8. The van der Waals surface area contributed by atoms with E-state index in [1.807, 2.05) is 24.3 Å². The fourth-order valence-corrected chi connectivity index (χ4v) is 3.33. The first-order valence-electron chi connectivity index (χ1n) is 6.25. The van der Waals surface area contributed by atoms with Gasteiger partial charge < -0.3 is 9.64 Å². The smallest absolute Gasteiger partial charge is 0.325 e. The van der Waals surface area contributed by atoms with Crippen molar-refractivity contribution in [1.29, 1.82) is 0 Å². The molecular weight excluding hydrogens is 262 g/mol. The first-order valence-corrected chi connectivity index (χ1v) is 7.24. The molecule has 0 saturated heterocycles. The molecule has 1 unspecified atom stereocenters. The summed E-state index contributed by atoms with van der Waals surface area (Å²) in [6.07, 6.45) is 0. The SMILES string of the molecule is CCOC(=O)CN(C)C(=O)C1CSc2ccccc21. The average Bonchev–Trinajstić information content (AvgIpc) is 2.81. The van der Waals surface area contributed by atoms with Gasteiger partial charge in [-0.25, -0.2) is 0 Å². The van der Waals surface area contributed by atoms with Crippen LogP contribution in [0.3, 0.4) is 0 Å². The number of esters is 1. The number of nitrogens with zero attached hydrogens (tertiary/aromatic N) is 1. The Labute approximate surface area is 117 Å². The predicted molar refractivity (Wildman–Crippen MR) is 74.2 cm³/mol. The third-order valence-electron chi connectivity index (χ3n) is 3.05. The summed E-state index contributed by atoms with van der Waals surface area (Å²) in [5.74, 6) is 0.203. The zero-order valence-corrected chi connectivity index (χ0v) is 11.9. The van der Waals surface area contributed by atoms with E-state index >= 15 is 0 Å². The van der Waals surface area contributed by atoms with Crippen LogP contribution in [-0.2, 0) is 14.3 Å². The average molecular weight is 279 g/mol. The maximum atomic E-state index is 12.4. The van der Waals surface area contributed by atoms with Gasteiger partial charge in [0.15, 0.2) is 0 Å². The Morgan fingerprint density at radius 3 is 2.89 bits per heavy atom. The minimum absolute atomic E-state index is 0.00993. The van der Waals surface area contributed by atoms with Crippen LogP contribution in [0.2, 0.25) is 0 Å². The topological polar surface area (TPSA) is 46.6 Å². The Morgan fingerprint density at radius 1 is 1.42 bits per heavy atom. The Morgan fingerprint density at radius 2 is 2.16 bits per heavy atom. The van der Waals surface area contributed by atoms with Crippen LogP contribution in [-0.4, -0.2) is 42.7 Å². The van der Waals surface area contributed by atoms with E-state index in [9.17, 15) is 9.59 Å². The van der Waals surface area contributed by atoms with Crippen molar-refractivity contribution in [2.75, 3.05) is 26.0 Å². The zero-order valence-electron chi connectivity index (χ0n) is 11.1. The Bertz CT molecular complexity index is 489. The largest absolute Gasteiger partial charge is 0.465 e. The van der Waals surface area contributed by atoms with Crippen LogP contribution in [0.4, 0.5) is 0 Å². The van der Waals surface area contributed by atoms with Crippen molar-refractivity contribution in [3.05, 3.63) is 29.8 Å². The van der Waals surface area contributed by atoms with Crippen LogP contribution >= 0.6 is 11.8 Å². The van der Waals surface area contributed by atoms with Gasteiger partial charge in [-0.1, -0.05) is 18.2 Å². The summed E-state index contributed by atoms with van der Waals surface area (Å²) < 4.78 is 4.86. The molecule has 1 aliphatic heterocycles. The second-order valence-electron chi connectivity index (χ2n) is 4.40. The molecule has 1 atom stereocenters. The summed E-state index contributed by atoms with van der Waals surface area (Å²) >= 11 is 1.69. The van der Waals surface area contributed by atoms with Gasteiger partial charge in [-0.3, -0.25) is 9.59 Å². The summed E-state index contributed by atoms with van der Waals surface area (Å²) in [6, 6.07) is 7.92. The summed E-state index contributed by atoms with van der Waals surface area (Å²) in [4.78, 5) is 26.4. The lowest BCUT2D eigenvalue weighted by Crippen LogP contribution is -2.36. The van der Waals surface area contributed by atoms with E-state index in [1.54, 1.807) is 25.7 Å². The number of thioether (sulfide) groups is 1. The molecule has 1 aliphatic rings. The molecule has 0 fully saturated rings. The molecule has 19 heavy (non-hydrogen) atoms. The molecular formula is C14H17NO3S. The number of rotatable bonds is 4. The number of carbonyl (C=O) groups is 2. The molecule has 0 N–H and O–H groups in total. The highest BCUT2D eigenvalue weighted by Crippen LogP contribution is 2.39. The number of amides is 1. The van der Waals surface area contributed by atoms with Gasteiger partial charge >= 0.3 is 5.97 Å². The van der Waals surface area contributed by atoms with E-state index in [4.69, 9.17) is 4.74 Å². The minimum Gasteiger partial charge on any atom is -0.465 e. The van der Waals surface area contributed by atoms with Crippen molar-refractivity contribution in [3.63, 3.8) is 0 Å². The summed E-state index contributed by atoms with van der Waals surface area (Å²) in [6.45, 7) is 2.10. The van der Waals surface area contributed by atoms with Crippen molar-refractivity contribution in [3.8, 4) is 0 Å². The van der Waals surface area contributed by atoms with Crippen LogP contribution in [0, 0.1) is 0 Å². The summed E-state index contributed by atoms with van der Waals surface area (Å²) in [5, 5.41) is 0. The summed E-state index contributed by atoms with van der Waals surface area (Å²) in [5.41, 5.74) is 1.06. The lowest BCUT2D eigenvalue weighted by Gasteiger charge is -2.20. The number of benzene rings is 1. The Kier molecular flexibility index (Phi) is 4.47. The molecule has 1 amide bonds. The number of hydrogen-bond acceptors (Lipinski definition) is 4. The van der Waals surface area contributed by atoms with Gasteiger partial charge in [0.05, 0.1) is 12.5 Å². The van der Waals surface area contributed by atoms with E-state index in [1.165, 1.54) is 4.90 Å². The monoisotopic (exact) mass is 279 g/mol. The van der Waals surface area contributed by atoms with E-state index in [2.05, 4.69) is 0 Å². The molecule has 0 aliphatic carbocycles. The second kappa shape index (κ2) is 6.10. The molecule has 0 spiro atoms. The first kappa shape index (κ1) is 13.9. The van der Waals surface area contributed by atoms with Crippen molar-refractivity contribution in [2.24, 2.45) is 0 Å². The second-order valence-corrected chi connectivity index (χ2v) is 5.46. The molecule has 1 aromatic rings. The molecule has 1 aromatic carbocycles. The zero-order chi connectivity index (χ0) is 13.8. The van der Waals surface area contributed by atoms with Crippen LogP contribution < -0.4 is 0 Å². The molecule has 0 radical (unpaired) electrons. The lowest BCUT2D eigenvalue weighted by atomic mass is 10.00. The molecule has 4 nitrogen and oxygen atoms in total. The molecule has 0 saturated carbocycles. The Hall–Kier alpha value is -1.49. The fourth-order valence-electron chi connectivity index (χ4n) is 2.11. The highest BCUT2D eigenvalue weighted by molar-refractivity contribution is 7.99. The Balaban J connectivity index is 2.03. The highest BCUT2D eigenvalue weighted by Gasteiger charge is 2.31. The van der Waals surface area contributed by atoms with E-state index < -0.39 is 0 Å². The van der Waals surface area contributed by atoms with Gasteiger partial charge in [-0.2, -0.15) is 0 Å². The number of likely N-dealkylation sites (N-methyl/N-ethyl adjacent to an activating group) is 1. The molecule has 102 valence electrons. The van der Waals surface area contributed by atoms with Crippen molar-refractivity contribution in [1.82, 2.24) is 4.90 Å². The molecule has 5 heteroatoms. The third-order valence-corrected chi connectivity index (χ3v) is 4.23. The maximum absolute atomic E-state index is 12.4. The first-order chi connectivity index (χ1) is 9.13. The third kappa shape index (κ3) is 3.10. The van der Waals surface area contributed by atoms with Gasteiger partial charge in [-0.15, -0.1) is 11.8 Å². The van der Waals surface area contributed by atoms with Crippen molar-refractivity contribution in [2.45, 2.75) is 17.7 Å². The van der Waals surface area contributed by atoms with E-state index in [0.29, 0.717) is 6.61 Å². The number of fused-ring (bicyclic) bond motifs is 1.